The summed E-state index contributed by atoms with van der Waals surface area (Å²) in [6, 6.07) is 8.36. The van der Waals surface area contributed by atoms with Crippen molar-refractivity contribution in [3.63, 3.8) is 0 Å². The Kier molecular flexibility index (Phi) is 6.32. The van der Waals surface area contributed by atoms with E-state index < -0.39 is 22.2 Å². The van der Waals surface area contributed by atoms with E-state index in [1.54, 1.807) is 6.92 Å². The molecule has 1 rings (SSSR count). The van der Waals surface area contributed by atoms with Crippen molar-refractivity contribution in [1.29, 1.82) is 0 Å². The monoisotopic (exact) mass is 314 g/mol. The normalized spacial score (nSPS) is 13.4. The molecule has 6 nitrogen and oxygen atoms in total. The SMILES string of the molecule is CCOC(=O)C(Cc1ccccc1)N(C)S(=O)(=O)N(C)C. The predicted octanol–water partition coefficient (Wildman–Crippen LogP) is 0.899. The Labute approximate surface area is 126 Å². The first kappa shape index (κ1) is 17.6. The molecule has 1 aromatic carbocycles. The number of likely N-dealkylation sites (N-methyl/N-ethyl adjacent to an activating group) is 1. The summed E-state index contributed by atoms with van der Waals surface area (Å²) in [7, 11) is 0.549. The molecular weight excluding hydrogens is 292 g/mol. The zero-order valence-corrected chi connectivity index (χ0v) is 13.6. The molecule has 0 N–H and O–H groups in total. The molecule has 21 heavy (non-hydrogen) atoms. The second-order valence-corrected chi connectivity index (χ2v) is 6.97. The number of esters is 1. The van der Waals surface area contributed by atoms with Crippen LogP contribution < -0.4 is 0 Å². The Morgan fingerprint density at radius 3 is 2.24 bits per heavy atom. The van der Waals surface area contributed by atoms with Crippen LogP contribution in [0.25, 0.3) is 0 Å². The fourth-order valence-corrected chi connectivity index (χ4v) is 2.85. The van der Waals surface area contributed by atoms with Crippen LogP contribution in [0.3, 0.4) is 0 Å². The molecule has 0 aliphatic carbocycles. The van der Waals surface area contributed by atoms with Gasteiger partial charge in [-0.05, 0) is 18.9 Å². The van der Waals surface area contributed by atoms with Crippen LogP contribution >= 0.6 is 0 Å². The van der Waals surface area contributed by atoms with E-state index in [1.165, 1.54) is 21.1 Å². The van der Waals surface area contributed by atoms with E-state index in [-0.39, 0.29) is 13.0 Å². The molecule has 0 heterocycles. The number of rotatable bonds is 7. The number of hydrogen-bond acceptors (Lipinski definition) is 4. The number of ether oxygens (including phenoxy) is 1. The summed E-state index contributed by atoms with van der Waals surface area (Å²) in [5.74, 6) is -0.547. The maximum absolute atomic E-state index is 12.2. The lowest BCUT2D eigenvalue weighted by Crippen LogP contribution is -2.48. The Hall–Kier alpha value is -1.44. The minimum atomic E-state index is -3.69. The largest absolute Gasteiger partial charge is 0.465 e. The van der Waals surface area contributed by atoms with Gasteiger partial charge in [-0.2, -0.15) is 17.0 Å². The van der Waals surface area contributed by atoms with Gasteiger partial charge in [0.15, 0.2) is 0 Å². The Morgan fingerprint density at radius 2 is 1.76 bits per heavy atom. The maximum Gasteiger partial charge on any atom is 0.324 e. The quantitative estimate of drug-likeness (QED) is 0.701. The molecule has 118 valence electrons. The molecule has 1 unspecified atom stereocenters. The second kappa shape index (κ2) is 7.53. The summed E-state index contributed by atoms with van der Waals surface area (Å²) in [6.07, 6.45) is 0.267. The average Bonchev–Trinajstić information content (AvgIpc) is 2.45. The molecular formula is C14H22N2O4S. The number of carbonyl (C=O) groups is 1. The van der Waals surface area contributed by atoms with Gasteiger partial charge in [0.2, 0.25) is 0 Å². The maximum atomic E-state index is 12.2. The van der Waals surface area contributed by atoms with E-state index in [4.69, 9.17) is 4.74 Å². The van der Waals surface area contributed by atoms with Crippen LogP contribution in [0.2, 0.25) is 0 Å². The molecule has 0 fully saturated rings. The number of hydrogen-bond donors (Lipinski definition) is 0. The minimum Gasteiger partial charge on any atom is -0.465 e. The number of nitrogens with zero attached hydrogens (tertiary/aromatic N) is 2. The molecule has 0 radical (unpaired) electrons. The standard InChI is InChI=1S/C14H22N2O4S/c1-5-20-14(17)13(11-12-9-7-6-8-10-12)16(4)21(18,19)15(2)3/h6-10,13H,5,11H2,1-4H3. The van der Waals surface area contributed by atoms with Crippen molar-refractivity contribution in [2.24, 2.45) is 0 Å². The fraction of sp³-hybridized carbons (Fsp3) is 0.500. The highest BCUT2D eigenvalue weighted by Gasteiger charge is 2.34. The Morgan fingerprint density at radius 1 is 1.19 bits per heavy atom. The highest BCUT2D eigenvalue weighted by atomic mass is 32.2. The summed E-state index contributed by atoms with van der Waals surface area (Å²) in [4.78, 5) is 12.1. The zero-order valence-electron chi connectivity index (χ0n) is 12.8. The molecule has 1 aromatic rings. The number of benzene rings is 1. The minimum absolute atomic E-state index is 0.208. The smallest absolute Gasteiger partial charge is 0.324 e. The van der Waals surface area contributed by atoms with Gasteiger partial charge in [0.1, 0.15) is 6.04 Å². The molecule has 1 atom stereocenters. The summed E-state index contributed by atoms with van der Waals surface area (Å²) < 4.78 is 31.6. The van der Waals surface area contributed by atoms with Gasteiger partial charge in [0, 0.05) is 21.1 Å². The summed E-state index contributed by atoms with van der Waals surface area (Å²) in [6.45, 7) is 1.90. The van der Waals surface area contributed by atoms with Crippen molar-refractivity contribution in [3.05, 3.63) is 35.9 Å². The Bertz CT molecular complexity index is 558. The van der Waals surface area contributed by atoms with E-state index in [2.05, 4.69) is 0 Å². The molecule has 0 aliphatic heterocycles. The second-order valence-electron chi connectivity index (χ2n) is 4.76. The van der Waals surface area contributed by atoms with Crippen LogP contribution in [0.1, 0.15) is 12.5 Å². The highest BCUT2D eigenvalue weighted by molar-refractivity contribution is 7.86. The van der Waals surface area contributed by atoms with Gasteiger partial charge >= 0.3 is 5.97 Å². The van der Waals surface area contributed by atoms with Gasteiger partial charge < -0.3 is 4.74 Å². The lowest BCUT2D eigenvalue weighted by atomic mass is 10.1. The number of carbonyl (C=O) groups excluding carboxylic acids is 1. The van der Waals surface area contributed by atoms with Crippen molar-refractivity contribution in [1.82, 2.24) is 8.61 Å². The van der Waals surface area contributed by atoms with Crippen molar-refractivity contribution >= 4 is 16.2 Å². The van der Waals surface area contributed by atoms with Crippen LogP contribution in [0.5, 0.6) is 0 Å². The molecule has 0 saturated heterocycles. The summed E-state index contributed by atoms with van der Waals surface area (Å²) in [5, 5.41) is 0. The fourth-order valence-electron chi connectivity index (χ4n) is 1.85. The van der Waals surface area contributed by atoms with E-state index in [1.807, 2.05) is 30.3 Å². The van der Waals surface area contributed by atoms with Crippen LogP contribution in [0, 0.1) is 0 Å². The topological polar surface area (TPSA) is 66.9 Å². The molecule has 0 spiro atoms. The zero-order chi connectivity index (χ0) is 16.0. The summed E-state index contributed by atoms with van der Waals surface area (Å²) in [5.41, 5.74) is 0.872. The van der Waals surface area contributed by atoms with E-state index in [0.29, 0.717) is 0 Å². The lowest BCUT2D eigenvalue weighted by Gasteiger charge is -2.28. The van der Waals surface area contributed by atoms with Crippen molar-refractivity contribution in [2.45, 2.75) is 19.4 Å². The van der Waals surface area contributed by atoms with Gasteiger partial charge in [-0.15, -0.1) is 0 Å². The van der Waals surface area contributed by atoms with Crippen LogP contribution in [0.4, 0.5) is 0 Å². The van der Waals surface area contributed by atoms with Crippen LogP contribution in [0.15, 0.2) is 30.3 Å². The Balaban J connectivity index is 3.05. The van der Waals surface area contributed by atoms with Crippen molar-refractivity contribution in [2.75, 3.05) is 27.7 Å². The van der Waals surface area contributed by atoms with Crippen LogP contribution in [-0.2, 0) is 26.2 Å². The van der Waals surface area contributed by atoms with Gasteiger partial charge in [-0.3, -0.25) is 4.79 Å². The molecule has 0 aliphatic rings. The van der Waals surface area contributed by atoms with Gasteiger partial charge in [0.05, 0.1) is 6.61 Å². The highest BCUT2D eigenvalue weighted by Crippen LogP contribution is 2.14. The predicted molar refractivity (Wildman–Crippen MR) is 80.9 cm³/mol. The molecule has 7 heteroatoms. The average molecular weight is 314 g/mol. The first-order chi connectivity index (χ1) is 9.80. The lowest BCUT2D eigenvalue weighted by molar-refractivity contribution is -0.147. The molecule has 0 amide bonds. The van der Waals surface area contributed by atoms with Crippen molar-refractivity contribution < 1.29 is 17.9 Å². The van der Waals surface area contributed by atoms with E-state index in [0.717, 1.165) is 14.2 Å². The molecule has 0 saturated carbocycles. The third-order valence-electron chi connectivity index (χ3n) is 3.09. The van der Waals surface area contributed by atoms with E-state index >= 15 is 0 Å². The first-order valence-corrected chi connectivity index (χ1v) is 8.06. The van der Waals surface area contributed by atoms with Gasteiger partial charge in [0.25, 0.3) is 10.2 Å². The third-order valence-corrected chi connectivity index (χ3v) is 5.00. The third kappa shape index (κ3) is 4.52. The molecule has 0 bridgehead atoms. The van der Waals surface area contributed by atoms with Crippen LogP contribution in [-0.4, -0.2) is 56.8 Å². The summed E-state index contributed by atoms with van der Waals surface area (Å²) >= 11 is 0. The van der Waals surface area contributed by atoms with Gasteiger partial charge in [-0.25, -0.2) is 0 Å². The molecule has 0 aromatic heterocycles. The van der Waals surface area contributed by atoms with E-state index in [9.17, 15) is 13.2 Å². The van der Waals surface area contributed by atoms with Crippen molar-refractivity contribution in [3.8, 4) is 0 Å². The first-order valence-electron chi connectivity index (χ1n) is 6.66. The van der Waals surface area contributed by atoms with Gasteiger partial charge in [-0.1, -0.05) is 30.3 Å².